The number of hydrogen-bond acceptors (Lipinski definition) is 4. The van der Waals surface area contributed by atoms with Crippen LogP contribution in [0.5, 0.6) is 0 Å². The minimum absolute atomic E-state index is 0.0614. The highest BCUT2D eigenvalue weighted by Crippen LogP contribution is 2.11. The van der Waals surface area contributed by atoms with E-state index >= 15 is 0 Å². The number of rotatable bonds is 6. The fourth-order valence-corrected chi connectivity index (χ4v) is 3.07. The van der Waals surface area contributed by atoms with Gasteiger partial charge in [0.15, 0.2) is 9.84 Å². The van der Waals surface area contributed by atoms with Crippen LogP contribution in [0, 0.1) is 6.92 Å². The van der Waals surface area contributed by atoms with Crippen LogP contribution < -0.4 is 5.32 Å². The Balaban J connectivity index is 1.85. The lowest BCUT2D eigenvalue weighted by Gasteiger charge is -2.06. The summed E-state index contributed by atoms with van der Waals surface area (Å²) >= 11 is 0. The number of benzene rings is 1. The highest BCUT2D eigenvalue weighted by Gasteiger charge is 2.16. The SMILES string of the molecule is Cc1[nH]ncc1CNC(=O)CCS(=O)(=O)c1ccccc1. The average Bonchev–Trinajstić information content (AvgIpc) is 2.89. The first-order valence-electron chi connectivity index (χ1n) is 6.52. The second-order valence-electron chi connectivity index (χ2n) is 4.68. The molecule has 1 aromatic heterocycles. The summed E-state index contributed by atoms with van der Waals surface area (Å²) in [4.78, 5) is 12.0. The Kier molecular flexibility index (Phi) is 4.74. The van der Waals surface area contributed by atoms with E-state index in [1.54, 1.807) is 24.4 Å². The van der Waals surface area contributed by atoms with Gasteiger partial charge in [-0.15, -0.1) is 0 Å². The Morgan fingerprint density at radius 2 is 2.00 bits per heavy atom. The Hall–Kier alpha value is -2.15. The number of nitrogens with zero attached hydrogens (tertiary/aromatic N) is 1. The molecule has 1 amide bonds. The van der Waals surface area contributed by atoms with Crippen LogP contribution in [-0.2, 0) is 21.2 Å². The molecule has 0 aliphatic heterocycles. The van der Waals surface area contributed by atoms with E-state index in [1.165, 1.54) is 12.1 Å². The Morgan fingerprint density at radius 3 is 2.62 bits per heavy atom. The molecular weight excluding hydrogens is 290 g/mol. The van der Waals surface area contributed by atoms with E-state index in [9.17, 15) is 13.2 Å². The number of carbonyl (C=O) groups excluding carboxylic acids is 1. The molecule has 2 aromatic rings. The predicted octanol–water partition coefficient (Wildman–Crippen LogP) is 1.20. The highest BCUT2D eigenvalue weighted by molar-refractivity contribution is 7.91. The van der Waals surface area contributed by atoms with Gasteiger partial charge in [-0.05, 0) is 19.1 Å². The second-order valence-corrected chi connectivity index (χ2v) is 6.79. The van der Waals surface area contributed by atoms with E-state index in [2.05, 4.69) is 15.5 Å². The van der Waals surface area contributed by atoms with E-state index in [0.717, 1.165) is 11.3 Å². The molecule has 0 unspecified atom stereocenters. The van der Waals surface area contributed by atoms with Crippen molar-refractivity contribution < 1.29 is 13.2 Å². The van der Waals surface area contributed by atoms with Crippen LogP contribution >= 0.6 is 0 Å². The molecule has 1 heterocycles. The van der Waals surface area contributed by atoms with Crippen LogP contribution in [0.4, 0.5) is 0 Å². The van der Waals surface area contributed by atoms with E-state index in [1.807, 2.05) is 6.92 Å². The van der Waals surface area contributed by atoms with Crippen LogP contribution in [0.2, 0.25) is 0 Å². The number of aromatic amines is 1. The van der Waals surface area contributed by atoms with Gasteiger partial charge in [0.25, 0.3) is 0 Å². The van der Waals surface area contributed by atoms with Crippen LogP contribution in [0.15, 0.2) is 41.4 Å². The van der Waals surface area contributed by atoms with Gasteiger partial charge in [0.2, 0.25) is 5.91 Å². The van der Waals surface area contributed by atoms with E-state index in [0.29, 0.717) is 6.54 Å². The monoisotopic (exact) mass is 307 g/mol. The zero-order valence-electron chi connectivity index (χ0n) is 11.7. The van der Waals surface area contributed by atoms with Gasteiger partial charge in [-0.25, -0.2) is 8.42 Å². The fraction of sp³-hybridized carbons (Fsp3) is 0.286. The maximum atomic E-state index is 12.0. The van der Waals surface area contributed by atoms with Gasteiger partial charge in [-0.3, -0.25) is 9.89 Å². The summed E-state index contributed by atoms with van der Waals surface area (Å²) in [6.07, 6.45) is 1.57. The summed E-state index contributed by atoms with van der Waals surface area (Å²) in [7, 11) is -3.41. The molecule has 6 nitrogen and oxygen atoms in total. The third-order valence-corrected chi connectivity index (χ3v) is 4.84. The molecule has 0 fully saturated rings. The fourth-order valence-electron chi connectivity index (χ4n) is 1.81. The molecule has 2 rings (SSSR count). The van der Waals surface area contributed by atoms with Crippen molar-refractivity contribution >= 4 is 15.7 Å². The Labute approximate surface area is 123 Å². The number of aryl methyl sites for hydroxylation is 1. The van der Waals surface area contributed by atoms with Crippen molar-refractivity contribution in [3.05, 3.63) is 47.8 Å². The molecule has 0 saturated carbocycles. The lowest BCUT2D eigenvalue weighted by Crippen LogP contribution is -2.25. The molecule has 2 N–H and O–H groups in total. The minimum Gasteiger partial charge on any atom is -0.352 e. The summed E-state index contributed by atoms with van der Waals surface area (Å²) in [6.45, 7) is 2.20. The van der Waals surface area contributed by atoms with Gasteiger partial charge in [0.1, 0.15) is 0 Å². The number of nitrogens with one attached hydrogen (secondary N) is 2. The number of sulfone groups is 1. The van der Waals surface area contributed by atoms with Gasteiger partial charge in [0, 0.05) is 24.2 Å². The maximum Gasteiger partial charge on any atom is 0.221 e. The van der Waals surface area contributed by atoms with Crippen LogP contribution in [0.25, 0.3) is 0 Å². The largest absolute Gasteiger partial charge is 0.352 e. The van der Waals surface area contributed by atoms with Gasteiger partial charge in [0.05, 0.1) is 16.8 Å². The molecular formula is C14H17N3O3S. The average molecular weight is 307 g/mol. The molecule has 7 heteroatoms. The number of H-pyrrole nitrogens is 1. The zero-order chi connectivity index (χ0) is 15.3. The van der Waals surface area contributed by atoms with Crippen molar-refractivity contribution in [3.8, 4) is 0 Å². The van der Waals surface area contributed by atoms with Crippen LogP contribution in [0.3, 0.4) is 0 Å². The van der Waals surface area contributed by atoms with Crippen molar-refractivity contribution in [2.45, 2.75) is 24.8 Å². The summed E-state index contributed by atoms with van der Waals surface area (Å²) in [5.74, 6) is -0.497. The number of hydrogen-bond donors (Lipinski definition) is 2. The Bertz CT molecular complexity index is 708. The molecule has 1 aromatic carbocycles. The predicted molar refractivity (Wildman–Crippen MR) is 78.3 cm³/mol. The van der Waals surface area contributed by atoms with Gasteiger partial charge >= 0.3 is 0 Å². The number of aromatic nitrogens is 2. The molecule has 112 valence electrons. The molecule has 0 radical (unpaired) electrons. The molecule has 0 bridgehead atoms. The highest BCUT2D eigenvalue weighted by atomic mass is 32.2. The number of carbonyl (C=O) groups is 1. The van der Waals surface area contributed by atoms with Crippen molar-refractivity contribution in [2.24, 2.45) is 0 Å². The van der Waals surface area contributed by atoms with Crippen LogP contribution in [0.1, 0.15) is 17.7 Å². The summed E-state index contributed by atoms with van der Waals surface area (Å²) in [5, 5.41) is 9.31. The normalized spacial score (nSPS) is 11.3. The minimum atomic E-state index is -3.41. The third-order valence-electron chi connectivity index (χ3n) is 3.11. The summed E-state index contributed by atoms with van der Waals surface area (Å²) in [5.41, 5.74) is 1.77. The summed E-state index contributed by atoms with van der Waals surface area (Å²) < 4.78 is 24.1. The number of amides is 1. The molecule has 0 aliphatic carbocycles. The van der Waals surface area contributed by atoms with E-state index < -0.39 is 9.84 Å². The molecule has 0 saturated heterocycles. The van der Waals surface area contributed by atoms with E-state index in [-0.39, 0.29) is 23.0 Å². The van der Waals surface area contributed by atoms with Crippen molar-refractivity contribution in [3.63, 3.8) is 0 Å². The Morgan fingerprint density at radius 1 is 1.29 bits per heavy atom. The standard InChI is InChI=1S/C14H17N3O3S/c1-11-12(10-16-17-11)9-15-14(18)7-8-21(19,20)13-5-3-2-4-6-13/h2-6,10H,7-9H2,1H3,(H,15,18)(H,16,17). The lowest BCUT2D eigenvalue weighted by atomic mass is 10.2. The van der Waals surface area contributed by atoms with Crippen molar-refractivity contribution in [1.29, 1.82) is 0 Å². The van der Waals surface area contributed by atoms with Gasteiger partial charge in [-0.1, -0.05) is 18.2 Å². The van der Waals surface area contributed by atoms with Crippen LogP contribution in [-0.4, -0.2) is 30.3 Å². The third kappa shape index (κ3) is 4.16. The van der Waals surface area contributed by atoms with Gasteiger partial charge in [-0.2, -0.15) is 5.10 Å². The zero-order valence-corrected chi connectivity index (χ0v) is 12.5. The molecule has 0 aliphatic rings. The smallest absolute Gasteiger partial charge is 0.221 e. The molecule has 0 atom stereocenters. The first-order valence-corrected chi connectivity index (χ1v) is 8.17. The van der Waals surface area contributed by atoms with Crippen molar-refractivity contribution in [2.75, 3.05) is 5.75 Å². The van der Waals surface area contributed by atoms with Gasteiger partial charge < -0.3 is 5.32 Å². The first-order chi connectivity index (χ1) is 9.99. The molecule has 0 spiro atoms. The summed E-state index contributed by atoms with van der Waals surface area (Å²) in [6, 6.07) is 8.13. The second kappa shape index (κ2) is 6.53. The first kappa shape index (κ1) is 15.2. The molecule has 21 heavy (non-hydrogen) atoms. The van der Waals surface area contributed by atoms with Crippen molar-refractivity contribution in [1.82, 2.24) is 15.5 Å². The lowest BCUT2D eigenvalue weighted by molar-refractivity contribution is -0.120. The quantitative estimate of drug-likeness (QED) is 0.838. The van der Waals surface area contributed by atoms with E-state index in [4.69, 9.17) is 0 Å². The maximum absolute atomic E-state index is 12.0. The topological polar surface area (TPSA) is 91.9 Å².